The largest absolute Gasteiger partial charge is 0.462 e. The van der Waals surface area contributed by atoms with Gasteiger partial charge in [0, 0.05) is 29.6 Å². The van der Waals surface area contributed by atoms with E-state index in [0.29, 0.717) is 29.4 Å². The standard InChI is InChI=1S/C18H16FN3O2/c1-2-24-18(23)12-7-21-17-8(3-4-20-17)16(12)22-13-6-10-9-5-11(13)14(9)15(10)19/h3-4,6-7,9,11,13H,2,5H2,1H3,(H2,20,21,22). The molecule has 0 aromatic carbocycles. The lowest BCUT2D eigenvalue weighted by Gasteiger charge is -2.55. The van der Waals surface area contributed by atoms with Gasteiger partial charge in [0.05, 0.1) is 18.3 Å². The van der Waals surface area contributed by atoms with Gasteiger partial charge in [-0.25, -0.2) is 14.2 Å². The SMILES string of the molecule is CCOC(=O)c1cnc2[nH]ccc2c1NC1C=C2C(F)=C3C2CC31. The van der Waals surface area contributed by atoms with E-state index >= 15 is 0 Å². The molecule has 5 aliphatic rings. The number of nitrogens with zero attached hydrogens (tertiary/aromatic N) is 1. The Morgan fingerprint density at radius 2 is 2.42 bits per heavy atom. The second kappa shape index (κ2) is 4.69. The Bertz CT molecular complexity index is 943. The molecule has 7 rings (SSSR count). The minimum Gasteiger partial charge on any atom is -0.462 e. The number of halogens is 1. The van der Waals surface area contributed by atoms with E-state index in [9.17, 15) is 9.18 Å². The molecule has 2 N–H and O–H groups in total. The molecule has 3 unspecified atom stereocenters. The molecule has 0 saturated heterocycles. The molecule has 122 valence electrons. The van der Waals surface area contributed by atoms with Crippen LogP contribution in [0.1, 0.15) is 23.7 Å². The first-order valence-electron chi connectivity index (χ1n) is 8.20. The van der Waals surface area contributed by atoms with Gasteiger partial charge >= 0.3 is 5.97 Å². The van der Waals surface area contributed by atoms with Crippen LogP contribution in [0.4, 0.5) is 10.1 Å². The van der Waals surface area contributed by atoms with Crippen molar-refractivity contribution in [2.75, 3.05) is 11.9 Å². The van der Waals surface area contributed by atoms with E-state index in [1.165, 1.54) is 6.20 Å². The number of aromatic nitrogens is 2. The van der Waals surface area contributed by atoms with Crippen molar-refractivity contribution >= 4 is 22.7 Å². The van der Waals surface area contributed by atoms with E-state index in [1.807, 2.05) is 12.1 Å². The van der Waals surface area contributed by atoms with Crippen molar-refractivity contribution in [3.05, 3.63) is 47.1 Å². The summed E-state index contributed by atoms with van der Waals surface area (Å²) in [6.07, 6.45) is 6.27. The number of allylic oxidation sites excluding steroid dienone is 2. The van der Waals surface area contributed by atoms with Crippen molar-refractivity contribution in [1.29, 1.82) is 0 Å². The lowest BCUT2D eigenvalue weighted by Crippen LogP contribution is -2.51. The topological polar surface area (TPSA) is 67.0 Å². The fourth-order valence-electron chi connectivity index (χ4n) is 4.13. The maximum Gasteiger partial charge on any atom is 0.341 e. The summed E-state index contributed by atoms with van der Waals surface area (Å²) in [5, 5.41) is 4.29. The molecule has 0 aliphatic heterocycles. The van der Waals surface area contributed by atoms with Crippen molar-refractivity contribution in [2.24, 2.45) is 11.8 Å². The number of carbonyl (C=O) groups excluding carboxylic acids is 1. The molecule has 0 radical (unpaired) electrons. The number of pyridine rings is 1. The van der Waals surface area contributed by atoms with Crippen LogP contribution in [0.5, 0.6) is 0 Å². The molecule has 5 nitrogen and oxygen atoms in total. The summed E-state index contributed by atoms with van der Waals surface area (Å²) in [5.41, 5.74) is 3.58. The van der Waals surface area contributed by atoms with E-state index in [2.05, 4.69) is 15.3 Å². The maximum absolute atomic E-state index is 13.8. The number of fused-ring (bicyclic) bond motifs is 1. The number of H-pyrrole nitrogens is 1. The van der Waals surface area contributed by atoms with Crippen LogP contribution in [-0.4, -0.2) is 28.6 Å². The fourth-order valence-corrected chi connectivity index (χ4v) is 4.13. The monoisotopic (exact) mass is 325 g/mol. The third kappa shape index (κ3) is 1.63. The summed E-state index contributed by atoms with van der Waals surface area (Å²) < 4.78 is 19.0. The molecule has 2 aromatic rings. The van der Waals surface area contributed by atoms with Crippen LogP contribution in [0, 0.1) is 11.8 Å². The number of hydrogen-bond donors (Lipinski definition) is 2. The third-order valence-electron chi connectivity index (χ3n) is 5.33. The predicted molar refractivity (Wildman–Crippen MR) is 87.3 cm³/mol. The van der Waals surface area contributed by atoms with Gasteiger partial charge < -0.3 is 15.0 Å². The first-order chi connectivity index (χ1) is 11.7. The summed E-state index contributed by atoms with van der Waals surface area (Å²) in [6.45, 7) is 2.08. The zero-order valence-electron chi connectivity index (χ0n) is 13.1. The van der Waals surface area contributed by atoms with Gasteiger partial charge in [0.25, 0.3) is 0 Å². The van der Waals surface area contributed by atoms with E-state index in [1.54, 1.807) is 13.1 Å². The van der Waals surface area contributed by atoms with Gasteiger partial charge in [0.15, 0.2) is 0 Å². The summed E-state index contributed by atoms with van der Waals surface area (Å²) >= 11 is 0. The molecule has 0 amide bonds. The van der Waals surface area contributed by atoms with E-state index in [0.717, 1.165) is 23.0 Å². The molecule has 1 fully saturated rings. The van der Waals surface area contributed by atoms with Gasteiger partial charge in [0.1, 0.15) is 17.0 Å². The number of anilines is 1. The van der Waals surface area contributed by atoms with Crippen LogP contribution < -0.4 is 5.32 Å². The van der Waals surface area contributed by atoms with Crippen molar-refractivity contribution in [1.82, 2.24) is 9.97 Å². The van der Waals surface area contributed by atoms with Crippen LogP contribution in [0.15, 0.2) is 41.5 Å². The summed E-state index contributed by atoms with van der Waals surface area (Å²) in [5.74, 6) is 0.120. The number of esters is 1. The van der Waals surface area contributed by atoms with Crippen molar-refractivity contribution in [3.63, 3.8) is 0 Å². The zero-order chi connectivity index (χ0) is 16.4. The van der Waals surface area contributed by atoms with Gasteiger partial charge in [-0.3, -0.25) is 0 Å². The van der Waals surface area contributed by atoms with Gasteiger partial charge in [-0.15, -0.1) is 0 Å². The number of hydrogen-bond acceptors (Lipinski definition) is 4. The molecule has 6 heteroatoms. The molecule has 4 bridgehead atoms. The lowest BCUT2D eigenvalue weighted by molar-refractivity contribution is 0.0527. The highest BCUT2D eigenvalue weighted by Gasteiger charge is 2.55. The number of aromatic amines is 1. The number of carbonyl (C=O) groups is 1. The summed E-state index contributed by atoms with van der Waals surface area (Å²) in [4.78, 5) is 19.6. The molecule has 1 saturated carbocycles. The smallest absolute Gasteiger partial charge is 0.341 e. The van der Waals surface area contributed by atoms with Crippen LogP contribution >= 0.6 is 0 Å². The summed E-state index contributed by atoms with van der Waals surface area (Å²) in [6, 6.07) is 1.89. The Morgan fingerprint density at radius 3 is 3.12 bits per heavy atom. The Labute approximate surface area is 137 Å². The number of rotatable bonds is 4. The molecular formula is C18H16FN3O2. The quantitative estimate of drug-likeness (QED) is 0.846. The molecule has 0 spiro atoms. The minimum atomic E-state index is -0.402. The first-order valence-corrected chi connectivity index (χ1v) is 8.20. The van der Waals surface area contributed by atoms with Crippen molar-refractivity contribution < 1.29 is 13.9 Å². The van der Waals surface area contributed by atoms with E-state index < -0.39 is 5.97 Å². The van der Waals surface area contributed by atoms with Crippen LogP contribution in [0.3, 0.4) is 0 Å². The Morgan fingerprint density at radius 1 is 1.54 bits per heavy atom. The average Bonchev–Trinajstić information content (AvgIpc) is 3.03. The highest BCUT2D eigenvalue weighted by molar-refractivity contribution is 6.04. The Balaban J connectivity index is 1.55. The second-order valence-corrected chi connectivity index (χ2v) is 6.46. The molecule has 24 heavy (non-hydrogen) atoms. The van der Waals surface area contributed by atoms with Crippen LogP contribution in [0.25, 0.3) is 11.0 Å². The third-order valence-corrected chi connectivity index (χ3v) is 5.33. The molecule has 2 aromatic heterocycles. The molecule has 3 atom stereocenters. The highest BCUT2D eigenvalue weighted by Crippen LogP contribution is 2.62. The summed E-state index contributed by atoms with van der Waals surface area (Å²) in [7, 11) is 0. The normalized spacial score (nSPS) is 26.6. The Kier molecular flexibility index (Phi) is 2.69. The van der Waals surface area contributed by atoms with Crippen molar-refractivity contribution in [2.45, 2.75) is 19.4 Å². The van der Waals surface area contributed by atoms with E-state index in [-0.39, 0.29) is 17.8 Å². The molecule has 2 heterocycles. The van der Waals surface area contributed by atoms with Gasteiger partial charge in [-0.1, -0.05) is 6.08 Å². The number of ether oxygens (including phenoxy) is 1. The predicted octanol–water partition coefficient (Wildman–Crippen LogP) is 3.33. The number of nitrogens with one attached hydrogen (secondary N) is 2. The van der Waals surface area contributed by atoms with Gasteiger partial charge in [-0.2, -0.15) is 0 Å². The minimum absolute atomic E-state index is 0.00757. The van der Waals surface area contributed by atoms with Gasteiger partial charge in [0.2, 0.25) is 0 Å². The highest BCUT2D eigenvalue weighted by atomic mass is 19.1. The Hall–Kier alpha value is -2.63. The fraction of sp³-hybridized carbons (Fsp3) is 0.333. The lowest BCUT2D eigenvalue weighted by atomic mass is 9.51. The second-order valence-electron chi connectivity index (χ2n) is 6.46. The van der Waals surface area contributed by atoms with Crippen LogP contribution in [0.2, 0.25) is 0 Å². The molecule has 5 aliphatic carbocycles. The molecular weight excluding hydrogens is 309 g/mol. The average molecular weight is 325 g/mol. The van der Waals surface area contributed by atoms with Gasteiger partial charge in [-0.05, 0) is 30.6 Å². The maximum atomic E-state index is 13.8. The van der Waals surface area contributed by atoms with Crippen LogP contribution in [-0.2, 0) is 4.74 Å². The van der Waals surface area contributed by atoms with Crippen molar-refractivity contribution in [3.8, 4) is 0 Å². The first kappa shape index (κ1) is 13.8. The zero-order valence-corrected chi connectivity index (χ0v) is 13.1. The van der Waals surface area contributed by atoms with E-state index in [4.69, 9.17) is 4.74 Å².